The summed E-state index contributed by atoms with van der Waals surface area (Å²) >= 11 is 4.67. The molecule has 4 rings (SSSR count). The van der Waals surface area contributed by atoms with Crippen LogP contribution in [0.15, 0.2) is 27.5 Å². The zero-order chi connectivity index (χ0) is 18.8. The van der Waals surface area contributed by atoms with Gasteiger partial charge in [-0.1, -0.05) is 17.8 Å². The van der Waals surface area contributed by atoms with Crippen molar-refractivity contribution < 1.29 is 4.79 Å². The number of nitrogens with zero attached hydrogens (tertiary/aromatic N) is 2. The standard InChI is InChI=1S/C19H21N3O2S3/c1-22-18(24)16-13-6-2-3-7-14(13)27-17(16)21-19(22)26-11-15(23)20-9-8-12-5-4-10-25-12/h4-5,10H,2-3,6-9,11H2,1H3,(H,20,23). The van der Waals surface area contributed by atoms with E-state index in [-0.39, 0.29) is 17.2 Å². The van der Waals surface area contributed by atoms with Gasteiger partial charge in [-0.3, -0.25) is 14.2 Å². The Bertz CT molecular complexity index is 1020. The molecule has 3 aromatic heterocycles. The molecule has 0 saturated heterocycles. The lowest BCUT2D eigenvalue weighted by molar-refractivity contribution is -0.118. The Kier molecular flexibility index (Phi) is 5.66. The van der Waals surface area contributed by atoms with Crippen LogP contribution in [0.25, 0.3) is 10.2 Å². The predicted octanol–water partition coefficient (Wildman–Crippen LogP) is 3.39. The fraction of sp³-hybridized carbons (Fsp3) is 0.421. The highest BCUT2D eigenvalue weighted by atomic mass is 32.2. The second-order valence-corrected chi connectivity index (χ2v) is 9.68. The van der Waals surface area contributed by atoms with Crippen LogP contribution in [0.2, 0.25) is 0 Å². The molecular weight excluding hydrogens is 398 g/mol. The molecule has 8 heteroatoms. The topological polar surface area (TPSA) is 64.0 Å². The fourth-order valence-corrected chi connectivity index (χ4v) is 6.17. The van der Waals surface area contributed by atoms with Crippen molar-refractivity contribution >= 4 is 50.6 Å². The van der Waals surface area contributed by atoms with Gasteiger partial charge in [-0.25, -0.2) is 4.98 Å². The van der Waals surface area contributed by atoms with Crippen LogP contribution in [0.1, 0.15) is 28.2 Å². The third kappa shape index (κ3) is 3.97. The summed E-state index contributed by atoms with van der Waals surface area (Å²) in [5, 5.41) is 6.38. The number of thioether (sulfide) groups is 1. The molecule has 0 saturated carbocycles. The second kappa shape index (κ2) is 8.16. The molecule has 5 nitrogen and oxygen atoms in total. The number of amides is 1. The van der Waals surface area contributed by atoms with Gasteiger partial charge in [-0.05, 0) is 49.1 Å². The lowest BCUT2D eigenvalue weighted by Crippen LogP contribution is -2.28. The van der Waals surface area contributed by atoms with Crippen LogP contribution in [0.5, 0.6) is 0 Å². The van der Waals surface area contributed by atoms with E-state index in [1.807, 2.05) is 11.4 Å². The maximum absolute atomic E-state index is 12.8. The fourth-order valence-electron chi connectivity index (χ4n) is 3.36. The van der Waals surface area contributed by atoms with Gasteiger partial charge in [0.1, 0.15) is 4.83 Å². The first-order valence-electron chi connectivity index (χ1n) is 9.06. The van der Waals surface area contributed by atoms with Crippen molar-refractivity contribution in [2.24, 2.45) is 7.05 Å². The molecule has 1 aliphatic rings. The molecular formula is C19H21N3O2S3. The smallest absolute Gasteiger partial charge is 0.262 e. The largest absolute Gasteiger partial charge is 0.355 e. The van der Waals surface area contributed by atoms with E-state index in [9.17, 15) is 9.59 Å². The number of nitrogens with one attached hydrogen (secondary N) is 1. The highest BCUT2D eigenvalue weighted by Crippen LogP contribution is 2.34. The molecule has 3 heterocycles. The number of rotatable bonds is 6. The summed E-state index contributed by atoms with van der Waals surface area (Å²) in [5.41, 5.74) is 1.22. The van der Waals surface area contributed by atoms with Gasteiger partial charge in [0.05, 0.1) is 11.1 Å². The molecule has 1 aliphatic carbocycles. The lowest BCUT2D eigenvalue weighted by atomic mass is 9.97. The number of aryl methyl sites for hydroxylation is 2. The van der Waals surface area contributed by atoms with Crippen LogP contribution in [-0.4, -0.2) is 27.8 Å². The molecule has 0 atom stereocenters. The summed E-state index contributed by atoms with van der Waals surface area (Å²) in [5.74, 6) is 0.234. The van der Waals surface area contributed by atoms with Gasteiger partial charge < -0.3 is 5.32 Å². The van der Waals surface area contributed by atoms with E-state index in [1.165, 1.54) is 33.5 Å². The third-order valence-electron chi connectivity index (χ3n) is 4.76. The first kappa shape index (κ1) is 18.7. The highest BCUT2D eigenvalue weighted by molar-refractivity contribution is 7.99. The number of carbonyl (C=O) groups excluding carboxylic acids is 1. The Labute approximate surface area is 169 Å². The normalized spacial score (nSPS) is 13.7. The minimum Gasteiger partial charge on any atom is -0.355 e. The van der Waals surface area contributed by atoms with E-state index in [4.69, 9.17) is 4.98 Å². The quantitative estimate of drug-likeness (QED) is 0.491. The van der Waals surface area contributed by atoms with Gasteiger partial charge >= 0.3 is 0 Å². The van der Waals surface area contributed by atoms with Crippen molar-refractivity contribution in [1.29, 1.82) is 0 Å². The van der Waals surface area contributed by atoms with Gasteiger partial charge in [0, 0.05) is 23.3 Å². The van der Waals surface area contributed by atoms with E-state index in [1.54, 1.807) is 34.3 Å². The second-order valence-electron chi connectivity index (χ2n) is 6.62. The van der Waals surface area contributed by atoms with Crippen LogP contribution in [0.3, 0.4) is 0 Å². The molecule has 0 radical (unpaired) electrons. The minimum atomic E-state index is -0.0311. The predicted molar refractivity (Wildman–Crippen MR) is 113 cm³/mol. The molecule has 0 bridgehead atoms. The molecule has 3 aromatic rings. The molecule has 142 valence electrons. The van der Waals surface area contributed by atoms with E-state index < -0.39 is 0 Å². The van der Waals surface area contributed by atoms with Crippen molar-refractivity contribution in [2.75, 3.05) is 12.3 Å². The number of fused-ring (bicyclic) bond motifs is 3. The van der Waals surface area contributed by atoms with Crippen LogP contribution < -0.4 is 10.9 Å². The van der Waals surface area contributed by atoms with Gasteiger partial charge in [-0.15, -0.1) is 22.7 Å². The summed E-state index contributed by atoms with van der Waals surface area (Å²) in [6.45, 7) is 0.628. The molecule has 1 amide bonds. The maximum Gasteiger partial charge on any atom is 0.262 e. The van der Waals surface area contributed by atoms with Gasteiger partial charge in [0.2, 0.25) is 5.91 Å². The van der Waals surface area contributed by atoms with Crippen molar-refractivity contribution in [2.45, 2.75) is 37.3 Å². The summed E-state index contributed by atoms with van der Waals surface area (Å²) in [4.78, 5) is 33.1. The van der Waals surface area contributed by atoms with Crippen LogP contribution in [0.4, 0.5) is 0 Å². The highest BCUT2D eigenvalue weighted by Gasteiger charge is 2.21. The summed E-state index contributed by atoms with van der Waals surface area (Å²) in [6.07, 6.45) is 5.20. The molecule has 1 N–H and O–H groups in total. The minimum absolute atomic E-state index is 0.0139. The lowest BCUT2D eigenvalue weighted by Gasteiger charge is -2.11. The summed E-state index contributed by atoms with van der Waals surface area (Å²) in [7, 11) is 1.75. The van der Waals surface area contributed by atoms with Crippen LogP contribution in [-0.2, 0) is 31.1 Å². The molecule has 27 heavy (non-hydrogen) atoms. The first-order valence-corrected chi connectivity index (χ1v) is 11.7. The average Bonchev–Trinajstić information content (AvgIpc) is 3.30. The first-order chi connectivity index (χ1) is 13.1. The number of hydrogen-bond donors (Lipinski definition) is 1. The van der Waals surface area contributed by atoms with E-state index >= 15 is 0 Å². The molecule has 0 aromatic carbocycles. The summed E-state index contributed by atoms with van der Waals surface area (Å²) in [6, 6.07) is 4.09. The number of thiophene rings is 2. The number of aromatic nitrogens is 2. The Morgan fingerprint density at radius 2 is 2.22 bits per heavy atom. The Hall–Kier alpha value is -1.64. The van der Waals surface area contributed by atoms with Crippen molar-refractivity contribution in [3.05, 3.63) is 43.2 Å². The Morgan fingerprint density at radius 3 is 3.04 bits per heavy atom. The van der Waals surface area contributed by atoms with Crippen molar-refractivity contribution in [1.82, 2.24) is 14.9 Å². The van der Waals surface area contributed by atoms with E-state index in [0.717, 1.165) is 35.9 Å². The molecule has 0 unspecified atom stereocenters. The van der Waals surface area contributed by atoms with E-state index in [2.05, 4.69) is 11.4 Å². The monoisotopic (exact) mass is 419 g/mol. The summed E-state index contributed by atoms with van der Waals surface area (Å²) < 4.78 is 1.59. The molecule has 0 spiro atoms. The third-order valence-corrected chi connectivity index (χ3v) is 7.91. The van der Waals surface area contributed by atoms with Crippen molar-refractivity contribution in [3.63, 3.8) is 0 Å². The van der Waals surface area contributed by atoms with E-state index in [0.29, 0.717) is 11.7 Å². The van der Waals surface area contributed by atoms with Gasteiger partial charge in [-0.2, -0.15) is 0 Å². The van der Waals surface area contributed by atoms with Gasteiger partial charge in [0.25, 0.3) is 5.56 Å². The van der Waals surface area contributed by atoms with Crippen LogP contribution >= 0.6 is 34.4 Å². The number of hydrogen-bond acceptors (Lipinski definition) is 6. The molecule has 0 fully saturated rings. The zero-order valence-corrected chi connectivity index (χ0v) is 17.6. The maximum atomic E-state index is 12.8. The van der Waals surface area contributed by atoms with Crippen molar-refractivity contribution in [3.8, 4) is 0 Å². The van der Waals surface area contributed by atoms with Crippen LogP contribution in [0, 0.1) is 0 Å². The average molecular weight is 420 g/mol. The van der Waals surface area contributed by atoms with Gasteiger partial charge in [0.15, 0.2) is 5.16 Å². The molecule has 0 aliphatic heterocycles. The zero-order valence-electron chi connectivity index (χ0n) is 15.1. The Balaban J connectivity index is 1.43. The Morgan fingerprint density at radius 1 is 1.37 bits per heavy atom. The number of carbonyl (C=O) groups is 1. The SMILES string of the molecule is Cn1c(SCC(=O)NCCc2cccs2)nc2sc3c(c2c1=O)CCCC3.